The molecule has 1 aromatic carbocycles. The van der Waals surface area contributed by atoms with Gasteiger partial charge in [-0.05, 0) is 52.3 Å². The molecular formula is C15H10BrCl2NO4. The standard InChI is InChI=1S/C15H10BrCl2NO4/c16-13-5-2-10(23-13)3-6-15(21)22-8-14(20)19-12-7-9(17)1-4-11(12)18/h1-7H,8H2,(H,19,20). The van der Waals surface area contributed by atoms with Crippen LogP contribution in [0.25, 0.3) is 6.08 Å². The Labute approximate surface area is 150 Å². The molecule has 1 heterocycles. The van der Waals surface area contributed by atoms with E-state index in [2.05, 4.69) is 21.2 Å². The fourth-order valence-electron chi connectivity index (χ4n) is 1.53. The molecule has 0 atom stereocenters. The van der Waals surface area contributed by atoms with Crippen LogP contribution in [0, 0.1) is 0 Å². The number of hydrogen-bond acceptors (Lipinski definition) is 4. The van der Waals surface area contributed by atoms with E-state index >= 15 is 0 Å². The minimum Gasteiger partial charge on any atom is -0.452 e. The molecule has 5 nitrogen and oxygen atoms in total. The van der Waals surface area contributed by atoms with Crippen LogP contribution in [0.4, 0.5) is 5.69 Å². The predicted molar refractivity (Wildman–Crippen MR) is 91.5 cm³/mol. The summed E-state index contributed by atoms with van der Waals surface area (Å²) in [5.74, 6) is -0.731. The summed E-state index contributed by atoms with van der Waals surface area (Å²) >= 11 is 14.9. The Morgan fingerprint density at radius 3 is 2.74 bits per heavy atom. The van der Waals surface area contributed by atoms with Gasteiger partial charge in [-0.2, -0.15) is 0 Å². The van der Waals surface area contributed by atoms with Gasteiger partial charge in [0.05, 0.1) is 10.7 Å². The van der Waals surface area contributed by atoms with Crippen LogP contribution >= 0.6 is 39.1 Å². The quantitative estimate of drug-likeness (QED) is 0.571. The van der Waals surface area contributed by atoms with E-state index in [1.807, 2.05) is 0 Å². The summed E-state index contributed by atoms with van der Waals surface area (Å²) < 4.78 is 10.5. The maximum absolute atomic E-state index is 11.7. The molecule has 0 fully saturated rings. The molecule has 0 radical (unpaired) electrons. The van der Waals surface area contributed by atoms with Crippen molar-refractivity contribution >= 4 is 62.8 Å². The first-order valence-corrected chi connectivity index (χ1v) is 7.84. The number of ether oxygens (including phenoxy) is 1. The van der Waals surface area contributed by atoms with Gasteiger partial charge in [0.2, 0.25) is 0 Å². The minimum absolute atomic E-state index is 0.331. The van der Waals surface area contributed by atoms with E-state index in [4.69, 9.17) is 32.4 Å². The van der Waals surface area contributed by atoms with Gasteiger partial charge in [0.25, 0.3) is 5.91 Å². The monoisotopic (exact) mass is 417 g/mol. The zero-order valence-electron chi connectivity index (χ0n) is 11.5. The highest BCUT2D eigenvalue weighted by Gasteiger charge is 2.09. The first-order valence-electron chi connectivity index (χ1n) is 6.29. The number of benzene rings is 1. The topological polar surface area (TPSA) is 68.5 Å². The van der Waals surface area contributed by atoms with E-state index in [9.17, 15) is 9.59 Å². The van der Waals surface area contributed by atoms with E-state index in [-0.39, 0.29) is 0 Å². The molecular weight excluding hydrogens is 409 g/mol. The highest BCUT2D eigenvalue weighted by molar-refractivity contribution is 9.10. The first kappa shape index (κ1) is 17.6. The maximum atomic E-state index is 11.7. The van der Waals surface area contributed by atoms with Gasteiger partial charge in [0.15, 0.2) is 11.3 Å². The molecule has 2 aromatic rings. The molecule has 2 rings (SSSR count). The van der Waals surface area contributed by atoms with Crippen LogP contribution in [-0.2, 0) is 14.3 Å². The van der Waals surface area contributed by atoms with E-state index in [1.54, 1.807) is 24.3 Å². The summed E-state index contributed by atoms with van der Waals surface area (Å²) in [6.07, 6.45) is 2.59. The molecule has 23 heavy (non-hydrogen) atoms. The summed E-state index contributed by atoms with van der Waals surface area (Å²) in [5.41, 5.74) is 0.344. The molecule has 120 valence electrons. The zero-order valence-corrected chi connectivity index (χ0v) is 14.6. The van der Waals surface area contributed by atoms with Crippen LogP contribution in [0.3, 0.4) is 0 Å². The average Bonchev–Trinajstić information content (AvgIpc) is 2.92. The number of esters is 1. The second-order valence-electron chi connectivity index (χ2n) is 4.26. The van der Waals surface area contributed by atoms with Crippen molar-refractivity contribution in [1.82, 2.24) is 0 Å². The third-order valence-electron chi connectivity index (χ3n) is 2.53. The number of rotatable bonds is 5. The van der Waals surface area contributed by atoms with Crippen LogP contribution in [0.1, 0.15) is 5.76 Å². The van der Waals surface area contributed by atoms with Gasteiger partial charge in [0, 0.05) is 11.1 Å². The van der Waals surface area contributed by atoms with Gasteiger partial charge in [-0.25, -0.2) is 4.79 Å². The van der Waals surface area contributed by atoms with Gasteiger partial charge in [-0.1, -0.05) is 23.2 Å². The summed E-state index contributed by atoms with van der Waals surface area (Å²) in [6, 6.07) is 8.00. The van der Waals surface area contributed by atoms with Crippen molar-refractivity contribution in [3.63, 3.8) is 0 Å². The van der Waals surface area contributed by atoms with Crippen molar-refractivity contribution in [2.75, 3.05) is 11.9 Å². The molecule has 0 aliphatic carbocycles. The van der Waals surface area contributed by atoms with Gasteiger partial charge >= 0.3 is 5.97 Å². The Hall–Kier alpha value is -1.76. The van der Waals surface area contributed by atoms with Crippen molar-refractivity contribution in [3.05, 3.63) is 56.9 Å². The highest BCUT2D eigenvalue weighted by atomic mass is 79.9. The lowest BCUT2D eigenvalue weighted by Crippen LogP contribution is -2.20. The second-order valence-corrected chi connectivity index (χ2v) is 5.88. The van der Waals surface area contributed by atoms with Crippen LogP contribution in [0.5, 0.6) is 0 Å². The molecule has 0 aliphatic rings. The highest BCUT2D eigenvalue weighted by Crippen LogP contribution is 2.25. The van der Waals surface area contributed by atoms with Crippen molar-refractivity contribution in [3.8, 4) is 0 Å². The number of anilines is 1. The molecule has 1 amide bonds. The van der Waals surface area contributed by atoms with E-state index < -0.39 is 18.5 Å². The predicted octanol–water partition coefficient (Wildman–Crippen LogP) is 4.54. The second kappa shape index (κ2) is 8.19. The summed E-state index contributed by atoms with van der Waals surface area (Å²) in [4.78, 5) is 23.2. The van der Waals surface area contributed by atoms with Crippen molar-refractivity contribution in [2.24, 2.45) is 0 Å². The number of hydrogen-bond donors (Lipinski definition) is 1. The summed E-state index contributed by atoms with van der Waals surface area (Å²) in [6.45, 7) is -0.451. The SMILES string of the molecule is O=C(COC(=O)C=Cc1ccc(Br)o1)Nc1cc(Cl)ccc1Cl. The summed E-state index contributed by atoms with van der Waals surface area (Å²) in [7, 11) is 0. The molecule has 0 saturated heterocycles. The number of nitrogens with one attached hydrogen (secondary N) is 1. The van der Waals surface area contributed by atoms with E-state index in [1.165, 1.54) is 12.1 Å². The molecule has 1 aromatic heterocycles. The van der Waals surface area contributed by atoms with Gasteiger partial charge in [-0.15, -0.1) is 0 Å². The Morgan fingerprint density at radius 2 is 2.04 bits per heavy atom. The van der Waals surface area contributed by atoms with E-state index in [0.717, 1.165) is 6.08 Å². The minimum atomic E-state index is -0.676. The smallest absolute Gasteiger partial charge is 0.331 e. The third kappa shape index (κ3) is 5.74. The Balaban J connectivity index is 1.83. The average molecular weight is 419 g/mol. The lowest BCUT2D eigenvalue weighted by molar-refractivity contribution is -0.142. The largest absolute Gasteiger partial charge is 0.452 e. The van der Waals surface area contributed by atoms with Crippen LogP contribution in [0.2, 0.25) is 10.0 Å². The third-order valence-corrected chi connectivity index (χ3v) is 3.52. The van der Waals surface area contributed by atoms with Gasteiger partial charge in [-0.3, -0.25) is 4.79 Å². The van der Waals surface area contributed by atoms with Crippen LogP contribution < -0.4 is 5.32 Å². The zero-order chi connectivity index (χ0) is 16.8. The molecule has 1 N–H and O–H groups in total. The normalized spacial score (nSPS) is 10.7. The number of amides is 1. The van der Waals surface area contributed by atoms with E-state index in [0.29, 0.717) is 26.2 Å². The Kier molecular flexibility index (Phi) is 6.27. The van der Waals surface area contributed by atoms with Gasteiger partial charge in [0.1, 0.15) is 5.76 Å². The first-order chi connectivity index (χ1) is 10.9. The van der Waals surface area contributed by atoms with Gasteiger partial charge < -0.3 is 14.5 Å². The van der Waals surface area contributed by atoms with Crippen LogP contribution in [0.15, 0.2) is 45.5 Å². The van der Waals surface area contributed by atoms with Crippen molar-refractivity contribution in [2.45, 2.75) is 0 Å². The van der Waals surface area contributed by atoms with Crippen molar-refractivity contribution < 1.29 is 18.7 Å². The number of carbonyl (C=O) groups excluding carboxylic acids is 2. The lowest BCUT2D eigenvalue weighted by atomic mass is 10.3. The number of halogens is 3. The number of carbonyl (C=O) groups is 2. The molecule has 0 spiro atoms. The number of furan rings is 1. The molecule has 0 saturated carbocycles. The fourth-order valence-corrected chi connectivity index (χ4v) is 2.19. The molecule has 0 bridgehead atoms. The lowest BCUT2D eigenvalue weighted by Gasteiger charge is -2.07. The fraction of sp³-hybridized carbons (Fsp3) is 0.0667. The Morgan fingerprint density at radius 1 is 1.26 bits per heavy atom. The molecule has 0 aliphatic heterocycles. The molecule has 8 heteroatoms. The van der Waals surface area contributed by atoms with Crippen LogP contribution in [-0.4, -0.2) is 18.5 Å². The van der Waals surface area contributed by atoms with Crippen molar-refractivity contribution in [1.29, 1.82) is 0 Å². The Bertz CT molecular complexity index is 758. The maximum Gasteiger partial charge on any atom is 0.331 e. The molecule has 0 unspecified atom stereocenters. The summed E-state index contributed by atoms with van der Waals surface area (Å²) in [5, 5.41) is 3.26.